The van der Waals surface area contributed by atoms with Gasteiger partial charge in [-0.1, -0.05) is 17.3 Å². The fraction of sp³-hybridized carbons (Fsp3) is 0.200. The number of aromatic nitrogens is 1. The van der Waals surface area contributed by atoms with Gasteiger partial charge in [-0.05, 0) is 50.2 Å². The van der Waals surface area contributed by atoms with Crippen LogP contribution in [-0.2, 0) is 6.54 Å². The average Bonchev–Trinajstić information content (AvgIpc) is 3.09. The molecule has 134 valence electrons. The third-order valence-electron chi connectivity index (χ3n) is 3.62. The maximum atomic E-state index is 13.8. The van der Waals surface area contributed by atoms with Crippen molar-refractivity contribution in [2.45, 2.75) is 26.5 Å². The molecule has 1 heterocycles. The van der Waals surface area contributed by atoms with E-state index in [0.29, 0.717) is 28.3 Å². The normalized spacial score (nSPS) is 10.8. The predicted molar refractivity (Wildman–Crippen MR) is 95.3 cm³/mol. The van der Waals surface area contributed by atoms with Crippen LogP contribution in [0.1, 0.15) is 29.9 Å². The summed E-state index contributed by atoms with van der Waals surface area (Å²) in [6.07, 6.45) is 0.0745. The van der Waals surface area contributed by atoms with Gasteiger partial charge in [0, 0.05) is 11.6 Å². The number of halogens is 1. The summed E-state index contributed by atoms with van der Waals surface area (Å²) in [6, 6.07) is 14.8. The Morgan fingerprint density at radius 1 is 1.19 bits per heavy atom. The molecule has 0 unspecified atom stereocenters. The molecule has 0 spiro atoms. The number of hydrogen-bond donors (Lipinski definition) is 1. The van der Waals surface area contributed by atoms with Gasteiger partial charge in [0.05, 0.1) is 18.2 Å². The lowest BCUT2D eigenvalue weighted by Crippen LogP contribution is -2.22. The van der Waals surface area contributed by atoms with E-state index in [0.717, 1.165) is 0 Å². The second-order valence-corrected chi connectivity index (χ2v) is 6.04. The summed E-state index contributed by atoms with van der Waals surface area (Å²) in [4.78, 5) is 12.2. The molecular weight excluding hydrogens is 335 g/mol. The highest BCUT2D eigenvalue weighted by Gasteiger charge is 2.12. The summed E-state index contributed by atoms with van der Waals surface area (Å²) in [7, 11) is 0. The topological polar surface area (TPSA) is 64.4 Å². The van der Waals surface area contributed by atoms with Gasteiger partial charge < -0.3 is 14.6 Å². The summed E-state index contributed by atoms with van der Waals surface area (Å²) in [5, 5.41) is 6.63. The lowest BCUT2D eigenvalue weighted by molar-refractivity contribution is 0.0950. The highest BCUT2D eigenvalue weighted by molar-refractivity contribution is 5.94. The molecule has 2 aromatic carbocycles. The van der Waals surface area contributed by atoms with Crippen molar-refractivity contribution in [3.05, 3.63) is 71.7 Å². The number of benzene rings is 2. The Labute approximate surface area is 150 Å². The standard InChI is InChI=1S/C20H19FN2O3/c1-13(2)25-16-9-7-14(8-10-16)20(24)22-12-15-11-19(26-23-15)17-5-3-4-6-18(17)21/h3-11,13H,12H2,1-2H3,(H,22,24). The zero-order chi connectivity index (χ0) is 18.5. The van der Waals surface area contributed by atoms with Gasteiger partial charge in [-0.25, -0.2) is 4.39 Å². The summed E-state index contributed by atoms with van der Waals surface area (Å²) in [5.41, 5.74) is 1.36. The fourth-order valence-corrected chi connectivity index (χ4v) is 2.41. The number of hydrogen-bond acceptors (Lipinski definition) is 4. The molecule has 0 aliphatic rings. The van der Waals surface area contributed by atoms with Crippen LogP contribution in [0, 0.1) is 5.82 Å². The van der Waals surface area contributed by atoms with Crippen molar-refractivity contribution in [3.8, 4) is 17.1 Å². The van der Waals surface area contributed by atoms with E-state index in [-0.39, 0.29) is 24.4 Å². The maximum Gasteiger partial charge on any atom is 0.251 e. The van der Waals surface area contributed by atoms with E-state index in [1.165, 1.54) is 6.07 Å². The molecule has 0 saturated carbocycles. The Morgan fingerprint density at radius 2 is 1.92 bits per heavy atom. The molecular formula is C20H19FN2O3. The van der Waals surface area contributed by atoms with Crippen molar-refractivity contribution in [2.75, 3.05) is 0 Å². The van der Waals surface area contributed by atoms with Crippen LogP contribution in [0.4, 0.5) is 4.39 Å². The second-order valence-electron chi connectivity index (χ2n) is 6.04. The van der Waals surface area contributed by atoms with Crippen molar-refractivity contribution >= 4 is 5.91 Å². The number of amides is 1. The molecule has 1 N–H and O–H groups in total. The van der Waals surface area contributed by atoms with Crippen molar-refractivity contribution in [2.24, 2.45) is 0 Å². The van der Waals surface area contributed by atoms with Crippen LogP contribution in [0.3, 0.4) is 0 Å². The first-order chi connectivity index (χ1) is 12.5. The third kappa shape index (κ3) is 4.27. The molecule has 3 rings (SSSR count). The first-order valence-corrected chi connectivity index (χ1v) is 8.28. The molecule has 1 aromatic heterocycles. The number of rotatable bonds is 6. The van der Waals surface area contributed by atoms with E-state index >= 15 is 0 Å². The Kier molecular flexibility index (Phi) is 5.31. The van der Waals surface area contributed by atoms with Gasteiger partial charge in [0.15, 0.2) is 5.76 Å². The molecule has 0 aliphatic carbocycles. The largest absolute Gasteiger partial charge is 0.491 e. The van der Waals surface area contributed by atoms with Crippen LogP contribution in [0.25, 0.3) is 11.3 Å². The molecule has 0 radical (unpaired) electrons. The fourth-order valence-electron chi connectivity index (χ4n) is 2.41. The Balaban J connectivity index is 1.61. The highest BCUT2D eigenvalue weighted by Crippen LogP contribution is 2.23. The van der Waals surface area contributed by atoms with Crippen molar-refractivity contribution in [1.29, 1.82) is 0 Å². The van der Waals surface area contributed by atoms with Gasteiger partial charge in [-0.2, -0.15) is 0 Å². The van der Waals surface area contributed by atoms with Crippen molar-refractivity contribution in [3.63, 3.8) is 0 Å². The molecule has 26 heavy (non-hydrogen) atoms. The average molecular weight is 354 g/mol. The van der Waals surface area contributed by atoms with E-state index in [9.17, 15) is 9.18 Å². The zero-order valence-electron chi connectivity index (χ0n) is 14.5. The Morgan fingerprint density at radius 3 is 2.62 bits per heavy atom. The van der Waals surface area contributed by atoms with E-state index in [1.807, 2.05) is 13.8 Å². The highest BCUT2D eigenvalue weighted by atomic mass is 19.1. The van der Waals surface area contributed by atoms with Crippen LogP contribution in [0.5, 0.6) is 5.75 Å². The zero-order valence-corrected chi connectivity index (χ0v) is 14.5. The molecule has 5 nitrogen and oxygen atoms in total. The number of carbonyl (C=O) groups excluding carboxylic acids is 1. The van der Waals surface area contributed by atoms with Crippen molar-refractivity contribution < 1.29 is 18.4 Å². The lowest BCUT2D eigenvalue weighted by atomic mass is 10.1. The van der Waals surface area contributed by atoms with Gasteiger partial charge in [0.1, 0.15) is 17.3 Å². The van der Waals surface area contributed by atoms with Gasteiger partial charge in [0.25, 0.3) is 5.91 Å². The minimum absolute atomic E-state index is 0.0745. The molecule has 0 fully saturated rings. The lowest BCUT2D eigenvalue weighted by Gasteiger charge is -2.10. The minimum atomic E-state index is -0.386. The molecule has 0 saturated heterocycles. The van der Waals surface area contributed by atoms with Gasteiger partial charge >= 0.3 is 0 Å². The monoisotopic (exact) mass is 354 g/mol. The van der Waals surface area contributed by atoms with E-state index in [1.54, 1.807) is 48.5 Å². The van der Waals surface area contributed by atoms with E-state index < -0.39 is 0 Å². The SMILES string of the molecule is CC(C)Oc1ccc(C(=O)NCc2cc(-c3ccccc3F)on2)cc1. The van der Waals surface area contributed by atoms with E-state index in [4.69, 9.17) is 9.26 Å². The smallest absolute Gasteiger partial charge is 0.251 e. The Bertz CT molecular complexity index is 888. The van der Waals surface area contributed by atoms with Gasteiger partial charge in [-0.3, -0.25) is 4.79 Å². The molecule has 0 aliphatic heterocycles. The first-order valence-electron chi connectivity index (χ1n) is 8.28. The van der Waals surface area contributed by atoms with Crippen LogP contribution in [-0.4, -0.2) is 17.2 Å². The van der Waals surface area contributed by atoms with Crippen LogP contribution < -0.4 is 10.1 Å². The van der Waals surface area contributed by atoms with Crippen LogP contribution in [0.2, 0.25) is 0 Å². The van der Waals surface area contributed by atoms with Crippen LogP contribution in [0.15, 0.2) is 59.1 Å². The molecule has 6 heteroatoms. The van der Waals surface area contributed by atoms with Crippen LogP contribution >= 0.6 is 0 Å². The molecule has 0 atom stereocenters. The van der Waals surface area contributed by atoms with Gasteiger partial charge in [-0.15, -0.1) is 0 Å². The number of nitrogens with zero attached hydrogens (tertiary/aromatic N) is 1. The quantitative estimate of drug-likeness (QED) is 0.721. The minimum Gasteiger partial charge on any atom is -0.491 e. The van der Waals surface area contributed by atoms with Crippen molar-refractivity contribution in [1.82, 2.24) is 10.5 Å². The van der Waals surface area contributed by atoms with Gasteiger partial charge in [0.2, 0.25) is 0 Å². The van der Waals surface area contributed by atoms with E-state index in [2.05, 4.69) is 10.5 Å². The second kappa shape index (κ2) is 7.82. The first kappa shape index (κ1) is 17.7. The number of nitrogens with one attached hydrogen (secondary N) is 1. The predicted octanol–water partition coefficient (Wildman–Crippen LogP) is 4.20. The third-order valence-corrected chi connectivity index (χ3v) is 3.62. The summed E-state index contributed by atoms with van der Waals surface area (Å²) >= 11 is 0. The summed E-state index contributed by atoms with van der Waals surface area (Å²) < 4.78 is 24.5. The summed E-state index contributed by atoms with van der Waals surface area (Å²) in [6.45, 7) is 4.06. The molecule has 1 amide bonds. The molecule has 3 aromatic rings. The number of ether oxygens (including phenoxy) is 1. The maximum absolute atomic E-state index is 13.8. The Hall–Kier alpha value is -3.15. The summed E-state index contributed by atoms with van der Waals surface area (Å²) in [5.74, 6) is 0.407. The number of carbonyl (C=O) groups is 1. The molecule has 0 bridgehead atoms.